The third kappa shape index (κ3) is 6.32. The maximum Gasteiger partial charge on any atom is 0.306 e. The van der Waals surface area contributed by atoms with E-state index in [2.05, 4.69) is 19.2 Å². The number of carbonyl (C=O) groups is 2. The monoisotopic (exact) mass is 399 g/mol. The number of methoxy groups -OCH3 is 1. The average Bonchev–Trinajstić information content (AvgIpc) is 2.66. The quantitative estimate of drug-likeness (QED) is 0.634. The first-order valence-electron chi connectivity index (χ1n) is 9.57. The molecule has 0 saturated heterocycles. The van der Waals surface area contributed by atoms with Crippen LogP contribution >= 0.6 is 0 Å². The number of aliphatic carboxylic acids is 1. The summed E-state index contributed by atoms with van der Waals surface area (Å²) in [4.78, 5) is 23.7. The maximum atomic E-state index is 12.7. The van der Waals surface area contributed by atoms with E-state index in [0.717, 1.165) is 11.1 Å². The number of nitrogens with one attached hydrogen (secondary N) is 1. The van der Waals surface area contributed by atoms with Crippen LogP contribution in [0.25, 0.3) is 0 Å². The Morgan fingerprint density at radius 1 is 1.07 bits per heavy atom. The van der Waals surface area contributed by atoms with E-state index < -0.39 is 17.7 Å². The zero-order valence-corrected chi connectivity index (χ0v) is 17.6. The lowest BCUT2D eigenvalue weighted by Gasteiger charge is -2.26. The highest BCUT2D eigenvalue weighted by molar-refractivity contribution is 5.97. The van der Waals surface area contributed by atoms with Gasteiger partial charge in [0.15, 0.2) is 5.60 Å². The Morgan fingerprint density at radius 3 is 2.28 bits per heavy atom. The Morgan fingerprint density at radius 2 is 1.72 bits per heavy atom. The van der Waals surface area contributed by atoms with Gasteiger partial charge in [0.25, 0.3) is 5.91 Å². The second-order valence-electron chi connectivity index (χ2n) is 7.74. The van der Waals surface area contributed by atoms with Gasteiger partial charge in [-0.25, -0.2) is 0 Å². The van der Waals surface area contributed by atoms with Crippen LogP contribution in [0.3, 0.4) is 0 Å². The molecule has 0 heterocycles. The molecule has 1 amide bonds. The van der Waals surface area contributed by atoms with Crippen molar-refractivity contribution >= 4 is 17.6 Å². The normalized spacial score (nSPS) is 12.5. The summed E-state index contributed by atoms with van der Waals surface area (Å²) in [5, 5.41) is 11.8. The van der Waals surface area contributed by atoms with Crippen molar-refractivity contribution in [2.45, 2.75) is 51.7 Å². The molecule has 6 heteroatoms. The summed E-state index contributed by atoms with van der Waals surface area (Å²) >= 11 is 0. The molecule has 6 nitrogen and oxygen atoms in total. The fourth-order valence-electron chi connectivity index (χ4n) is 2.84. The third-order valence-electron chi connectivity index (χ3n) is 4.63. The molecular formula is C23H29NO5. The molecule has 0 aliphatic rings. The molecule has 0 radical (unpaired) electrons. The largest absolute Gasteiger partial charge is 0.481 e. The third-order valence-corrected chi connectivity index (χ3v) is 4.63. The average molecular weight is 399 g/mol. The van der Waals surface area contributed by atoms with Gasteiger partial charge in [0.2, 0.25) is 0 Å². The molecule has 156 valence electrons. The van der Waals surface area contributed by atoms with Crippen LogP contribution in [0, 0.1) is 0 Å². The van der Waals surface area contributed by atoms with Crippen LogP contribution in [0.4, 0.5) is 5.69 Å². The predicted octanol–water partition coefficient (Wildman–Crippen LogP) is 4.77. The summed E-state index contributed by atoms with van der Waals surface area (Å²) in [5.41, 5.74) is 1.39. The molecule has 1 unspecified atom stereocenters. The lowest BCUT2D eigenvalue weighted by molar-refractivity contribution is -0.139. The molecule has 0 aliphatic heterocycles. The van der Waals surface area contributed by atoms with Crippen molar-refractivity contribution in [1.29, 1.82) is 0 Å². The van der Waals surface area contributed by atoms with Gasteiger partial charge in [-0.3, -0.25) is 9.59 Å². The fourth-order valence-corrected chi connectivity index (χ4v) is 2.84. The van der Waals surface area contributed by atoms with Crippen molar-refractivity contribution in [3.05, 3.63) is 59.7 Å². The van der Waals surface area contributed by atoms with Crippen molar-refractivity contribution < 1.29 is 24.2 Å². The van der Waals surface area contributed by atoms with Gasteiger partial charge in [-0.05, 0) is 55.2 Å². The minimum absolute atomic E-state index is 0.126. The van der Waals surface area contributed by atoms with Crippen LogP contribution in [0.1, 0.15) is 57.3 Å². The van der Waals surface area contributed by atoms with Gasteiger partial charge >= 0.3 is 5.97 Å². The zero-order chi connectivity index (χ0) is 21.6. The van der Waals surface area contributed by atoms with Crippen LogP contribution in [0.2, 0.25) is 0 Å². The molecule has 0 aliphatic carbocycles. The molecule has 2 rings (SSSR count). The van der Waals surface area contributed by atoms with E-state index in [1.54, 1.807) is 38.1 Å². The molecule has 0 aromatic heterocycles. The summed E-state index contributed by atoms with van der Waals surface area (Å²) in [6.45, 7) is 7.63. The number of ether oxygens (including phenoxy) is 2. The van der Waals surface area contributed by atoms with Gasteiger partial charge in [-0.2, -0.15) is 0 Å². The predicted molar refractivity (Wildman–Crippen MR) is 112 cm³/mol. The molecule has 2 N–H and O–H groups in total. The van der Waals surface area contributed by atoms with Crippen LogP contribution in [-0.4, -0.2) is 29.7 Å². The van der Waals surface area contributed by atoms with Gasteiger partial charge in [-0.15, -0.1) is 0 Å². The second kappa shape index (κ2) is 9.56. The van der Waals surface area contributed by atoms with Crippen LogP contribution in [-0.2, 0) is 14.3 Å². The van der Waals surface area contributed by atoms with Crippen LogP contribution in [0.5, 0.6) is 5.75 Å². The minimum atomic E-state index is -1.08. The summed E-state index contributed by atoms with van der Waals surface area (Å²) in [6.07, 6.45) is -0.663. The Kier molecular flexibility index (Phi) is 7.40. The van der Waals surface area contributed by atoms with E-state index in [0.29, 0.717) is 17.4 Å². The molecule has 2 aromatic carbocycles. The van der Waals surface area contributed by atoms with Crippen molar-refractivity contribution in [2.75, 3.05) is 12.4 Å². The summed E-state index contributed by atoms with van der Waals surface area (Å²) in [5.74, 6) is -0.210. The van der Waals surface area contributed by atoms with Gasteiger partial charge in [0.1, 0.15) is 5.75 Å². The lowest BCUT2D eigenvalue weighted by atomic mass is 10.0. The molecule has 0 saturated carbocycles. The lowest BCUT2D eigenvalue weighted by Crippen LogP contribution is -2.42. The summed E-state index contributed by atoms with van der Waals surface area (Å²) in [7, 11) is 1.47. The number of rotatable bonds is 9. The number of hydrogen-bond donors (Lipinski definition) is 2. The SMILES string of the molecule is COC(CC(=O)O)c1ccc(NC(=O)C(C)(C)Oc2cccc(C(C)C)c2)cc1. The topological polar surface area (TPSA) is 84.9 Å². The molecule has 0 spiro atoms. The highest BCUT2D eigenvalue weighted by atomic mass is 16.5. The van der Waals surface area contributed by atoms with E-state index in [1.165, 1.54) is 7.11 Å². The first-order valence-corrected chi connectivity index (χ1v) is 9.57. The Labute approximate surface area is 171 Å². The van der Waals surface area contributed by atoms with E-state index >= 15 is 0 Å². The highest BCUT2D eigenvalue weighted by Crippen LogP contribution is 2.26. The molecular weight excluding hydrogens is 370 g/mol. The molecule has 2 aromatic rings. The molecule has 1 atom stereocenters. The standard InChI is InChI=1S/C23H29NO5/c1-15(2)17-7-6-8-19(13-17)29-23(3,4)22(27)24-18-11-9-16(10-12-18)20(28-5)14-21(25)26/h6-13,15,20H,14H2,1-5H3,(H,24,27)(H,25,26). The highest BCUT2D eigenvalue weighted by Gasteiger charge is 2.30. The zero-order valence-electron chi connectivity index (χ0n) is 17.6. The van der Waals surface area contributed by atoms with E-state index in [9.17, 15) is 9.59 Å². The fraction of sp³-hybridized carbons (Fsp3) is 0.391. The number of carboxylic acids is 1. The number of hydrogen-bond acceptors (Lipinski definition) is 4. The summed E-state index contributed by atoms with van der Waals surface area (Å²) in [6, 6.07) is 14.7. The Balaban J connectivity index is 2.06. The van der Waals surface area contributed by atoms with Crippen LogP contribution in [0.15, 0.2) is 48.5 Å². The van der Waals surface area contributed by atoms with Gasteiger partial charge in [0.05, 0.1) is 12.5 Å². The van der Waals surface area contributed by atoms with E-state index in [-0.39, 0.29) is 12.3 Å². The molecule has 0 fully saturated rings. The number of carbonyl (C=O) groups excluding carboxylic acids is 1. The second-order valence-corrected chi connectivity index (χ2v) is 7.74. The van der Waals surface area contributed by atoms with Crippen LogP contribution < -0.4 is 10.1 Å². The van der Waals surface area contributed by atoms with E-state index in [1.807, 2.05) is 24.3 Å². The van der Waals surface area contributed by atoms with Crippen molar-refractivity contribution in [1.82, 2.24) is 0 Å². The number of carboxylic acid groups (broad SMARTS) is 1. The summed E-state index contributed by atoms with van der Waals surface area (Å²) < 4.78 is 11.2. The van der Waals surface area contributed by atoms with Crippen molar-refractivity contribution in [2.24, 2.45) is 0 Å². The number of anilines is 1. The van der Waals surface area contributed by atoms with E-state index in [4.69, 9.17) is 14.6 Å². The Hall–Kier alpha value is -2.86. The van der Waals surface area contributed by atoms with Gasteiger partial charge in [-0.1, -0.05) is 38.1 Å². The minimum Gasteiger partial charge on any atom is -0.481 e. The van der Waals surface area contributed by atoms with Crippen molar-refractivity contribution in [3.63, 3.8) is 0 Å². The number of amides is 1. The number of benzene rings is 2. The smallest absolute Gasteiger partial charge is 0.306 e. The Bertz CT molecular complexity index is 843. The van der Waals surface area contributed by atoms with Gasteiger partial charge in [0, 0.05) is 12.8 Å². The first kappa shape index (κ1) is 22.4. The van der Waals surface area contributed by atoms with Gasteiger partial charge < -0.3 is 19.9 Å². The first-order chi connectivity index (χ1) is 13.6. The maximum absolute atomic E-state index is 12.7. The molecule has 0 bridgehead atoms. The van der Waals surface area contributed by atoms with Crippen molar-refractivity contribution in [3.8, 4) is 5.75 Å². The molecule has 29 heavy (non-hydrogen) atoms.